The minimum atomic E-state index is -1.23. The van der Waals surface area contributed by atoms with E-state index in [9.17, 15) is 30.0 Å². The molecule has 0 heterocycles. The number of fused-ring (bicyclic) bond motifs is 2. The van der Waals surface area contributed by atoms with E-state index in [2.05, 4.69) is 0 Å². The van der Waals surface area contributed by atoms with Crippen LogP contribution in [0.4, 0.5) is 11.4 Å². The smallest absolute Gasteiger partial charge is 0.336 e. The molecule has 0 spiro atoms. The second-order valence-corrected chi connectivity index (χ2v) is 13.1. The van der Waals surface area contributed by atoms with Crippen LogP contribution in [-0.4, -0.2) is 44.2 Å². The van der Waals surface area contributed by atoms with E-state index in [1.165, 1.54) is 12.1 Å². The highest BCUT2D eigenvalue weighted by Gasteiger charge is 2.25. The summed E-state index contributed by atoms with van der Waals surface area (Å²) in [4.78, 5) is 34.1. The molecule has 0 bridgehead atoms. The number of benzene rings is 7. The average Bonchev–Trinajstić information content (AvgIpc) is 3.05. The lowest BCUT2D eigenvalue weighted by Crippen LogP contribution is -2.08. The van der Waals surface area contributed by atoms with Crippen LogP contribution in [0.25, 0.3) is 43.1 Å². The predicted octanol–water partition coefficient (Wildman–Crippen LogP) is 10.3. The lowest BCUT2D eigenvalue weighted by molar-refractivity contribution is 0.0695. The molecule has 248 valence electrons. The Labute approximate surface area is 287 Å². The van der Waals surface area contributed by atoms with Crippen molar-refractivity contribution in [2.24, 2.45) is 9.98 Å². The van der Waals surface area contributed by atoms with E-state index in [4.69, 9.17) is 9.98 Å². The molecule has 8 nitrogen and oxygen atoms in total. The van der Waals surface area contributed by atoms with Gasteiger partial charge in [-0.25, -0.2) is 19.6 Å². The Bertz CT molecular complexity index is 2460. The zero-order valence-corrected chi connectivity index (χ0v) is 28.4. The van der Waals surface area contributed by atoms with Gasteiger partial charge in [0.1, 0.15) is 0 Å². The number of nitrogens with zero attached hydrogens (tertiary/aromatic N) is 2. The van der Waals surface area contributed by atoms with Crippen LogP contribution >= 0.6 is 0 Å². The molecule has 50 heavy (non-hydrogen) atoms. The number of aryl methyl sites for hydroxylation is 6. The van der Waals surface area contributed by atoms with Gasteiger partial charge in [0.2, 0.25) is 11.8 Å². The van der Waals surface area contributed by atoms with Crippen LogP contribution in [-0.2, 0) is 0 Å². The molecular weight excluding hydrogens is 628 g/mol. The maximum Gasteiger partial charge on any atom is 0.336 e. The zero-order valence-electron chi connectivity index (χ0n) is 28.4. The van der Waals surface area contributed by atoms with Gasteiger partial charge >= 0.3 is 11.9 Å². The van der Waals surface area contributed by atoms with Crippen molar-refractivity contribution in [1.29, 1.82) is 0 Å². The highest BCUT2D eigenvalue weighted by molar-refractivity contribution is 6.38. The Morgan fingerprint density at radius 1 is 0.420 bits per heavy atom. The lowest BCUT2D eigenvalue weighted by atomic mass is 9.84. The van der Waals surface area contributed by atoms with Crippen molar-refractivity contribution in [2.75, 3.05) is 0 Å². The van der Waals surface area contributed by atoms with E-state index < -0.39 is 11.9 Å². The van der Waals surface area contributed by atoms with Crippen molar-refractivity contribution >= 4 is 78.2 Å². The summed E-state index contributed by atoms with van der Waals surface area (Å²) in [5.74, 6) is -2.97. The Morgan fingerprint density at radius 2 is 0.700 bits per heavy atom. The quantitative estimate of drug-likeness (QED) is 0.0605. The summed E-state index contributed by atoms with van der Waals surface area (Å²) in [6.45, 7) is 11.8. The van der Waals surface area contributed by atoms with E-state index in [0.717, 1.165) is 33.4 Å². The summed E-state index contributed by atoms with van der Waals surface area (Å²) in [7, 11) is 0. The fourth-order valence-corrected chi connectivity index (χ4v) is 7.65. The number of hydrogen-bond acceptors (Lipinski definition) is 4. The van der Waals surface area contributed by atoms with Crippen LogP contribution in [0.5, 0.6) is 0 Å². The zero-order chi connectivity index (χ0) is 35.8. The average molecular weight is 663 g/mol. The molecule has 0 atom stereocenters. The molecule has 0 unspecified atom stereocenters. The second-order valence-electron chi connectivity index (χ2n) is 13.1. The van der Waals surface area contributed by atoms with Gasteiger partial charge in [0.05, 0.1) is 22.5 Å². The molecule has 0 aliphatic rings. The summed E-state index contributed by atoms with van der Waals surface area (Å²) >= 11 is 0. The summed E-state index contributed by atoms with van der Waals surface area (Å²) in [5, 5.41) is 48.2. The summed E-state index contributed by atoms with van der Waals surface area (Å²) in [5.41, 5.74) is 7.53. The van der Waals surface area contributed by atoms with Crippen LogP contribution in [0.3, 0.4) is 0 Å². The highest BCUT2D eigenvalue weighted by atomic mass is 16.4. The minimum absolute atomic E-state index is 0.113. The first-order valence-corrected chi connectivity index (χ1v) is 16.1. The number of carboxylic acid groups (broad SMARTS) is 2. The largest absolute Gasteiger partial charge is 0.493 e. The molecule has 0 amide bonds. The number of aliphatic hydroxyl groups is 2. The van der Waals surface area contributed by atoms with Crippen molar-refractivity contribution in [2.45, 2.75) is 41.5 Å². The summed E-state index contributed by atoms with van der Waals surface area (Å²) in [6, 6.07) is 21.3. The molecule has 7 aromatic carbocycles. The lowest BCUT2D eigenvalue weighted by Gasteiger charge is -2.20. The third kappa shape index (κ3) is 4.99. The third-order valence-corrected chi connectivity index (χ3v) is 9.55. The van der Waals surface area contributed by atoms with Gasteiger partial charge in [0.15, 0.2) is 0 Å². The molecule has 8 heteroatoms. The number of hydrogen-bond donors (Lipinski definition) is 4. The van der Waals surface area contributed by atoms with Crippen molar-refractivity contribution in [3.8, 4) is 0 Å². The number of aliphatic imine (C=N–C) groups is 2. The summed E-state index contributed by atoms with van der Waals surface area (Å²) < 4.78 is 0. The molecule has 0 aliphatic heterocycles. The van der Waals surface area contributed by atoms with Crippen molar-refractivity contribution in [1.82, 2.24) is 0 Å². The van der Waals surface area contributed by atoms with Crippen LogP contribution in [0.1, 0.15) is 65.2 Å². The third-order valence-electron chi connectivity index (χ3n) is 9.55. The van der Waals surface area contributed by atoms with Crippen LogP contribution in [0.2, 0.25) is 0 Å². The fraction of sp³-hybridized carbons (Fsp3) is 0.143. The van der Waals surface area contributed by atoms with Gasteiger partial charge in [-0.15, -0.1) is 0 Å². The summed E-state index contributed by atoms with van der Waals surface area (Å²) in [6.07, 6.45) is 0. The molecule has 0 radical (unpaired) electrons. The van der Waals surface area contributed by atoms with E-state index >= 15 is 0 Å². The Hall–Kier alpha value is -6.28. The number of aromatic carboxylic acids is 2. The molecule has 0 aliphatic carbocycles. The van der Waals surface area contributed by atoms with E-state index in [1.807, 2.05) is 77.9 Å². The van der Waals surface area contributed by atoms with Gasteiger partial charge in [-0.05, 0) is 120 Å². The second kappa shape index (κ2) is 11.7. The van der Waals surface area contributed by atoms with Crippen LogP contribution in [0.15, 0.2) is 82.8 Å². The van der Waals surface area contributed by atoms with Crippen molar-refractivity contribution < 1.29 is 30.0 Å². The Balaban J connectivity index is 1.64. The van der Waals surface area contributed by atoms with Gasteiger partial charge < -0.3 is 20.4 Å². The molecule has 0 saturated carbocycles. The van der Waals surface area contributed by atoms with Gasteiger partial charge in [-0.2, -0.15) is 0 Å². The first kappa shape index (κ1) is 32.3. The van der Waals surface area contributed by atoms with Gasteiger partial charge in [-0.3, -0.25) is 0 Å². The number of rotatable bonds is 6. The van der Waals surface area contributed by atoms with Crippen LogP contribution in [0, 0.1) is 41.5 Å². The SMILES string of the molecule is Cc1cc(C)c(N=C(O)c2ccc3c4ccc(C(=O)O)c5c(C(=O)O)ccc(c6ccc(C(O)=Nc7c(C)cc(C)cc7C)c2c36)c54)c(C)c1. The van der Waals surface area contributed by atoms with Crippen LogP contribution < -0.4 is 0 Å². The Kier molecular flexibility index (Phi) is 7.55. The molecule has 0 aromatic heterocycles. The van der Waals surface area contributed by atoms with E-state index in [0.29, 0.717) is 60.2 Å². The molecule has 4 N–H and O–H groups in total. The van der Waals surface area contributed by atoms with E-state index in [-0.39, 0.29) is 28.3 Å². The number of carboxylic acids is 2. The van der Waals surface area contributed by atoms with Gasteiger partial charge in [-0.1, -0.05) is 59.7 Å². The molecule has 7 rings (SSSR count). The first-order valence-electron chi connectivity index (χ1n) is 16.1. The van der Waals surface area contributed by atoms with E-state index in [1.54, 1.807) is 24.3 Å². The molecular formula is C42H34N2O6. The predicted molar refractivity (Wildman–Crippen MR) is 201 cm³/mol. The first-order chi connectivity index (χ1) is 23.8. The number of carbonyl (C=O) groups is 2. The monoisotopic (exact) mass is 662 g/mol. The molecule has 0 saturated heterocycles. The topological polar surface area (TPSA) is 140 Å². The minimum Gasteiger partial charge on any atom is -0.493 e. The fourth-order valence-electron chi connectivity index (χ4n) is 7.65. The standard InChI is InChI=1S/C42H34N2O6/c1-19-15-21(3)37(22(4)16-19)43-39(45)29-11-7-25-27-9-13-31(41(47)48)36-32(42(49)50)14-10-28(34(27)36)26-8-12-30(35(29)33(25)26)40(46)44-38-23(5)17-20(2)18-24(38)6/h7-18H,1-6H3,(H,43,45)(H,44,46)(H,47,48)(H,49,50). The normalized spacial score (nSPS) is 12.5. The highest BCUT2D eigenvalue weighted by Crippen LogP contribution is 2.44. The van der Waals surface area contributed by atoms with Crippen molar-refractivity contribution in [3.05, 3.63) is 128 Å². The molecule has 0 fully saturated rings. The maximum absolute atomic E-state index is 12.4. The van der Waals surface area contributed by atoms with Crippen molar-refractivity contribution in [3.63, 3.8) is 0 Å². The maximum atomic E-state index is 12.4. The molecule has 7 aromatic rings. The Morgan fingerprint density at radius 3 is 1.00 bits per heavy atom. The number of aliphatic hydroxyl groups excluding tert-OH is 2. The van der Waals surface area contributed by atoms with Gasteiger partial charge in [0.25, 0.3) is 0 Å². The van der Waals surface area contributed by atoms with Gasteiger partial charge in [0, 0.05) is 21.9 Å².